The summed E-state index contributed by atoms with van der Waals surface area (Å²) < 4.78 is 40.8. The van der Waals surface area contributed by atoms with Gasteiger partial charge in [0.1, 0.15) is 11.7 Å². The van der Waals surface area contributed by atoms with Gasteiger partial charge in [-0.2, -0.15) is 0 Å². The van der Waals surface area contributed by atoms with Crippen LogP contribution < -0.4 is 9.46 Å². The number of thiazole rings is 1. The lowest BCUT2D eigenvalue weighted by molar-refractivity contribution is -0.159. The lowest BCUT2D eigenvalue weighted by Crippen LogP contribution is -2.46. The number of benzene rings is 1. The highest BCUT2D eigenvalue weighted by molar-refractivity contribution is 7.90. The van der Waals surface area contributed by atoms with E-state index in [4.69, 9.17) is 9.47 Å². The third-order valence-corrected chi connectivity index (χ3v) is 12.9. The van der Waals surface area contributed by atoms with Crippen molar-refractivity contribution in [3.05, 3.63) is 35.9 Å². The molecule has 0 radical (unpaired) electrons. The maximum Gasteiger partial charge on any atom is 0.307 e. The fraction of sp³-hybridized carbons (Fsp3) is 0.639. The molecule has 13 heteroatoms. The number of sulfonamides is 1. The average Bonchev–Trinajstić information content (AvgIpc) is 3.90. The van der Waals surface area contributed by atoms with Crippen molar-refractivity contribution in [3.63, 3.8) is 0 Å². The van der Waals surface area contributed by atoms with E-state index in [2.05, 4.69) is 9.71 Å². The highest BCUT2D eigenvalue weighted by Crippen LogP contribution is 2.57. The van der Waals surface area contributed by atoms with Gasteiger partial charge >= 0.3 is 5.97 Å². The number of aryl methyl sites for hydroxylation is 1. The van der Waals surface area contributed by atoms with Crippen LogP contribution in [0.1, 0.15) is 97.0 Å². The Balaban J connectivity index is 1.29. The fourth-order valence-corrected chi connectivity index (χ4v) is 9.50. The van der Waals surface area contributed by atoms with Crippen LogP contribution in [0.3, 0.4) is 0 Å². The summed E-state index contributed by atoms with van der Waals surface area (Å²) in [6, 6.07) is 4.93. The molecule has 266 valence electrons. The largest absolute Gasteiger partial charge is 0.465 e. The number of aromatic nitrogens is 1. The molecule has 6 rings (SSSR count). The van der Waals surface area contributed by atoms with Gasteiger partial charge in [0.2, 0.25) is 21.8 Å². The number of rotatable bonds is 7. The number of allylic oxidation sites excluding steroid dienone is 2. The van der Waals surface area contributed by atoms with E-state index in [1.54, 1.807) is 20.8 Å². The lowest BCUT2D eigenvalue weighted by atomic mass is 9.90. The Kier molecular flexibility index (Phi) is 9.98. The van der Waals surface area contributed by atoms with Crippen molar-refractivity contribution in [3.8, 4) is 5.19 Å². The first kappa shape index (κ1) is 35.5. The van der Waals surface area contributed by atoms with Crippen LogP contribution in [0.25, 0.3) is 10.2 Å². The zero-order valence-corrected chi connectivity index (χ0v) is 30.4. The molecule has 2 aliphatic carbocycles. The highest BCUT2D eigenvalue weighted by atomic mass is 32.2. The molecule has 0 spiro atoms. The second-order valence-electron chi connectivity index (χ2n) is 15.2. The zero-order chi connectivity index (χ0) is 35.1. The molecule has 2 aliphatic heterocycles. The van der Waals surface area contributed by atoms with Gasteiger partial charge in [-0.3, -0.25) is 23.9 Å². The highest BCUT2D eigenvalue weighted by Gasteiger charge is 2.61. The van der Waals surface area contributed by atoms with Gasteiger partial charge in [-0.15, -0.1) is 0 Å². The van der Waals surface area contributed by atoms with Gasteiger partial charge < -0.3 is 14.4 Å². The van der Waals surface area contributed by atoms with Gasteiger partial charge in [0, 0.05) is 18.8 Å². The van der Waals surface area contributed by atoms with Gasteiger partial charge in [0.05, 0.1) is 39.9 Å². The molecule has 2 aromatic rings. The molecule has 49 heavy (non-hydrogen) atoms. The SMILES string of the molecule is Cc1cccc2nc(O[C@@H]3C[C@H]4C(=O)C[C@]5(C(=O)NS(=O)(=O)C6CC6)C[C@H]5/C=C\CCCCC[C@H](CC(=O)OC(C)(C)C)C(=O)N4C3)sc12. The van der Waals surface area contributed by atoms with E-state index in [-0.39, 0.29) is 43.4 Å². The van der Waals surface area contributed by atoms with Crippen molar-refractivity contribution in [1.29, 1.82) is 0 Å². The number of hydrogen-bond donors (Lipinski definition) is 1. The van der Waals surface area contributed by atoms with Crippen LogP contribution in [0.4, 0.5) is 0 Å². The van der Waals surface area contributed by atoms with Crippen molar-refractivity contribution < 1.29 is 37.1 Å². The maximum atomic E-state index is 14.4. The number of amides is 2. The summed E-state index contributed by atoms with van der Waals surface area (Å²) in [5.41, 5.74) is -0.0431. The molecule has 1 saturated heterocycles. The molecule has 3 heterocycles. The zero-order valence-electron chi connectivity index (χ0n) is 28.7. The molecule has 0 bridgehead atoms. The predicted molar refractivity (Wildman–Crippen MR) is 185 cm³/mol. The van der Waals surface area contributed by atoms with E-state index >= 15 is 0 Å². The van der Waals surface area contributed by atoms with Crippen LogP contribution in [0.15, 0.2) is 30.4 Å². The molecule has 1 aromatic heterocycles. The van der Waals surface area contributed by atoms with Crippen LogP contribution in [-0.2, 0) is 33.9 Å². The second-order valence-corrected chi connectivity index (χ2v) is 18.1. The number of hydrogen-bond acceptors (Lipinski definition) is 10. The quantitative estimate of drug-likeness (QED) is 0.294. The number of nitrogens with one attached hydrogen (secondary N) is 1. The molecule has 2 amide bonds. The molecular weight excluding hydrogens is 667 g/mol. The van der Waals surface area contributed by atoms with E-state index in [0.29, 0.717) is 30.9 Å². The van der Waals surface area contributed by atoms with E-state index in [9.17, 15) is 27.6 Å². The summed E-state index contributed by atoms with van der Waals surface area (Å²) in [4.78, 5) is 61.6. The van der Waals surface area contributed by atoms with Gasteiger partial charge in [0.15, 0.2) is 5.78 Å². The number of carbonyl (C=O) groups is 4. The van der Waals surface area contributed by atoms with Crippen LogP contribution in [-0.4, -0.2) is 71.4 Å². The van der Waals surface area contributed by atoms with Crippen molar-refractivity contribution in [2.45, 2.75) is 121 Å². The number of ether oxygens (including phenoxy) is 2. The van der Waals surface area contributed by atoms with Crippen LogP contribution >= 0.6 is 11.3 Å². The Hall–Kier alpha value is -3.32. The first-order valence-electron chi connectivity index (χ1n) is 17.5. The Morgan fingerprint density at radius 1 is 1.12 bits per heavy atom. The van der Waals surface area contributed by atoms with Crippen molar-refractivity contribution in [1.82, 2.24) is 14.6 Å². The lowest BCUT2D eigenvalue weighted by Gasteiger charge is -2.29. The molecule has 3 fully saturated rings. The summed E-state index contributed by atoms with van der Waals surface area (Å²) in [6.07, 6.45) is 8.30. The van der Waals surface area contributed by atoms with Crippen molar-refractivity contribution in [2.75, 3.05) is 6.54 Å². The molecule has 11 nitrogen and oxygen atoms in total. The van der Waals surface area contributed by atoms with E-state index in [1.165, 1.54) is 16.2 Å². The summed E-state index contributed by atoms with van der Waals surface area (Å²) in [5.74, 6) is -2.72. The van der Waals surface area contributed by atoms with Crippen LogP contribution in [0, 0.1) is 24.2 Å². The minimum atomic E-state index is -3.82. The minimum Gasteiger partial charge on any atom is -0.465 e. The number of Topliss-reactive ketones (excluding diaryl/α,β-unsaturated/α-hetero) is 1. The van der Waals surface area contributed by atoms with Gasteiger partial charge in [-0.05, 0) is 83.8 Å². The summed E-state index contributed by atoms with van der Waals surface area (Å²) in [5, 5.41) is -0.136. The molecule has 2 saturated carbocycles. The van der Waals surface area contributed by atoms with E-state index < -0.39 is 56.2 Å². The summed E-state index contributed by atoms with van der Waals surface area (Å²) in [7, 11) is -3.82. The maximum absolute atomic E-state index is 14.4. The summed E-state index contributed by atoms with van der Waals surface area (Å²) in [6.45, 7) is 7.47. The molecule has 1 aromatic carbocycles. The Labute approximate surface area is 292 Å². The smallest absolute Gasteiger partial charge is 0.307 e. The summed E-state index contributed by atoms with van der Waals surface area (Å²) >= 11 is 1.41. The Bertz CT molecular complexity index is 1760. The number of nitrogens with zero attached hydrogens (tertiary/aromatic N) is 2. The van der Waals surface area contributed by atoms with Crippen molar-refractivity contribution in [2.24, 2.45) is 17.3 Å². The Morgan fingerprint density at radius 2 is 1.90 bits per heavy atom. The topological polar surface area (TPSA) is 149 Å². The Morgan fingerprint density at radius 3 is 2.61 bits per heavy atom. The predicted octanol–water partition coefficient (Wildman–Crippen LogP) is 5.40. The third-order valence-electron chi connectivity index (χ3n) is 10.0. The standard InChI is InChI=1S/C36H47N3O8S2/c1-22-11-10-14-27-31(22)48-34(37-27)46-25-18-28-29(40)20-36(33(43)38-49(44,45)26-15-16-26)19-24(36)13-9-7-5-6-8-12-23(32(42)39(28)21-25)17-30(41)47-35(2,3)4/h9-11,13-14,23-26,28H,5-8,12,15-21H2,1-4H3,(H,38,43)/b13-9-/t23-,24-,25-,28+,36-/m1/s1. The number of esters is 1. The van der Waals surface area contributed by atoms with Crippen molar-refractivity contribution >= 4 is 55.1 Å². The van der Waals surface area contributed by atoms with Gasteiger partial charge in [0.25, 0.3) is 5.19 Å². The molecule has 0 unspecified atom stereocenters. The fourth-order valence-electron chi connectivity index (χ4n) is 7.16. The van der Waals surface area contributed by atoms with Gasteiger partial charge in [-0.1, -0.05) is 48.5 Å². The first-order chi connectivity index (χ1) is 23.1. The minimum absolute atomic E-state index is 0.108. The normalized spacial score (nSPS) is 28.9. The monoisotopic (exact) mass is 713 g/mol. The van der Waals surface area contributed by atoms with E-state index in [0.717, 1.165) is 41.5 Å². The number of fused-ring (bicyclic) bond motifs is 3. The number of carbonyl (C=O) groups excluding carboxylic acids is 4. The first-order valence-corrected chi connectivity index (χ1v) is 19.8. The average molecular weight is 714 g/mol. The van der Waals surface area contributed by atoms with Crippen LogP contribution in [0.2, 0.25) is 0 Å². The molecule has 1 N–H and O–H groups in total. The van der Waals surface area contributed by atoms with Crippen LogP contribution in [0.5, 0.6) is 5.19 Å². The second kappa shape index (κ2) is 13.8. The molecule has 5 atom stereocenters. The van der Waals surface area contributed by atoms with E-state index in [1.807, 2.05) is 37.3 Å². The number of ketones is 1. The molecular formula is C36H47N3O8S2. The third kappa shape index (κ3) is 8.19. The molecule has 4 aliphatic rings. The van der Waals surface area contributed by atoms with Gasteiger partial charge in [-0.25, -0.2) is 13.4 Å².